The van der Waals surface area contributed by atoms with Gasteiger partial charge in [-0.15, -0.1) is 0 Å². The lowest BCUT2D eigenvalue weighted by Gasteiger charge is -2.35. The highest BCUT2D eigenvalue weighted by molar-refractivity contribution is 6.21. The van der Waals surface area contributed by atoms with E-state index in [1.807, 2.05) is 13.0 Å². The molecule has 0 saturated carbocycles. The summed E-state index contributed by atoms with van der Waals surface area (Å²) in [5, 5.41) is 6.43. The number of methoxy groups -OCH3 is 1. The number of hydrogen-bond donors (Lipinski definition) is 3. The molecule has 0 unspecified atom stereocenters. The summed E-state index contributed by atoms with van der Waals surface area (Å²) >= 11 is 0. The zero-order valence-corrected chi connectivity index (χ0v) is 19.2. The van der Waals surface area contributed by atoms with Crippen LogP contribution in [0.1, 0.15) is 28.4 Å². The van der Waals surface area contributed by atoms with Crippen LogP contribution < -0.4 is 15.4 Å². The first kappa shape index (κ1) is 22.5. The van der Waals surface area contributed by atoms with Gasteiger partial charge in [0.05, 0.1) is 40.7 Å². The first-order valence-electron chi connectivity index (χ1n) is 10.8. The minimum atomic E-state index is -1.07. The van der Waals surface area contributed by atoms with Gasteiger partial charge >= 0.3 is 0 Å². The number of amides is 1. The third-order valence-electron chi connectivity index (χ3n) is 5.83. The molecule has 1 aliphatic rings. The Morgan fingerprint density at radius 3 is 2.74 bits per heavy atom. The second-order valence-corrected chi connectivity index (χ2v) is 8.56. The van der Waals surface area contributed by atoms with Crippen LogP contribution in [0.25, 0.3) is 11.0 Å². The third kappa shape index (κ3) is 3.97. The van der Waals surface area contributed by atoms with Gasteiger partial charge in [-0.2, -0.15) is 0 Å². The van der Waals surface area contributed by atoms with E-state index in [0.717, 1.165) is 11.6 Å². The molecular weight excluding hydrogens is 453 g/mol. The number of aromatic amines is 1. The summed E-state index contributed by atoms with van der Waals surface area (Å²) in [6, 6.07) is 7.57. The van der Waals surface area contributed by atoms with Gasteiger partial charge in [0.15, 0.2) is 5.78 Å². The second-order valence-electron chi connectivity index (χ2n) is 8.56. The van der Waals surface area contributed by atoms with E-state index in [2.05, 4.69) is 25.6 Å². The van der Waals surface area contributed by atoms with Crippen LogP contribution in [0.2, 0.25) is 0 Å². The number of ketones is 1. The molecule has 10 heteroatoms. The Labute approximate surface area is 199 Å². The van der Waals surface area contributed by atoms with Crippen LogP contribution in [0.4, 0.5) is 15.8 Å². The Bertz CT molecular complexity index is 1480. The number of benzene rings is 1. The molecule has 1 aromatic carbocycles. The number of aryl methyl sites for hydroxylation is 1. The Kier molecular flexibility index (Phi) is 5.45. The number of nitrogens with one attached hydrogen (secondary N) is 3. The van der Waals surface area contributed by atoms with Crippen molar-refractivity contribution in [3.8, 4) is 11.6 Å². The maximum atomic E-state index is 15.1. The molecule has 35 heavy (non-hydrogen) atoms. The number of aromatic nitrogens is 3. The first-order valence-corrected chi connectivity index (χ1v) is 10.8. The average Bonchev–Trinajstić information content (AvgIpc) is 3.25. The number of carbonyl (C=O) groups excluding carboxylic acids is 2. The lowest BCUT2D eigenvalue weighted by molar-refractivity contribution is -0.121. The molecule has 4 heterocycles. The molecule has 9 nitrogen and oxygen atoms in total. The number of hydrogen-bond acceptors (Lipinski definition) is 7. The van der Waals surface area contributed by atoms with Gasteiger partial charge < -0.3 is 25.1 Å². The quantitative estimate of drug-likeness (QED) is 0.358. The molecule has 3 aromatic heterocycles. The first-order chi connectivity index (χ1) is 16.8. The van der Waals surface area contributed by atoms with Crippen molar-refractivity contribution in [2.45, 2.75) is 19.4 Å². The number of H-pyrrole nitrogens is 1. The van der Waals surface area contributed by atoms with Crippen LogP contribution in [0.15, 0.2) is 48.9 Å². The lowest BCUT2D eigenvalue weighted by atomic mass is 9.96. The van der Waals surface area contributed by atoms with Crippen molar-refractivity contribution >= 4 is 34.1 Å². The molecule has 4 aromatic rings. The molecule has 0 radical (unpaired) electrons. The van der Waals surface area contributed by atoms with E-state index in [1.165, 1.54) is 31.6 Å². The Morgan fingerprint density at radius 1 is 1.17 bits per heavy atom. The van der Waals surface area contributed by atoms with Crippen LogP contribution in [0, 0.1) is 12.7 Å². The maximum absolute atomic E-state index is 15.1. The fraction of sp³-hybridized carbons (Fsp3) is 0.200. The van der Waals surface area contributed by atoms with Crippen molar-refractivity contribution in [2.24, 2.45) is 0 Å². The van der Waals surface area contributed by atoms with Crippen molar-refractivity contribution in [1.29, 1.82) is 0 Å². The summed E-state index contributed by atoms with van der Waals surface area (Å²) in [7, 11) is 1.49. The standard InChI is InChI=1S/C25H22FN5O4/c1-13-6-7-27-19(8-13)35-14-4-5-15(17(26)9-14)22(32)16-10-28-23-20(16)21-18(11-29-23)30-24(33)25(2,31-21)12-34-3/h4-11,31H,12H2,1-3H3,(H,28,29)(H,30,33)/t25-/m1/s1. The third-order valence-corrected chi connectivity index (χ3v) is 5.83. The summed E-state index contributed by atoms with van der Waals surface area (Å²) in [6.07, 6.45) is 4.57. The molecule has 1 aliphatic heterocycles. The highest BCUT2D eigenvalue weighted by atomic mass is 19.1. The fourth-order valence-electron chi connectivity index (χ4n) is 4.06. The number of carbonyl (C=O) groups is 2. The molecule has 1 atom stereocenters. The molecule has 3 N–H and O–H groups in total. The molecule has 178 valence electrons. The molecule has 5 rings (SSSR count). The molecule has 0 aliphatic carbocycles. The van der Waals surface area contributed by atoms with Gasteiger partial charge in [-0.25, -0.2) is 14.4 Å². The SMILES string of the molecule is COC[C@@]1(C)Nc2c(cnc3[nH]cc(C(=O)c4ccc(Oc5cc(C)ccn5)cc4F)c23)NC1=O. The normalized spacial score (nSPS) is 17.0. The number of anilines is 2. The summed E-state index contributed by atoms with van der Waals surface area (Å²) in [5.41, 5.74) is 1.30. The number of nitrogens with zero attached hydrogens (tertiary/aromatic N) is 2. The van der Waals surface area contributed by atoms with Crippen molar-refractivity contribution in [1.82, 2.24) is 15.0 Å². The van der Waals surface area contributed by atoms with Crippen LogP contribution >= 0.6 is 0 Å². The number of ether oxygens (including phenoxy) is 2. The molecule has 0 bridgehead atoms. The van der Waals surface area contributed by atoms with Gasteiger partial charge in [-0.3, -0.25) is 9.59 Å². The number of halogens is 1. The van der Waals surface area contributed by atoms with E-state index in [1.54, 1.807) is 19.2 Å². The van der Waals surface area contributed by atoms with E-state index in [-0.39, 0.29) is 29.4 Å². The summed E-state index contributed by atoms with van der Waals surface area (Å²) < 4.78 is 25.9. The van der Waals surface area contributed by atoms with Crippen LogP contribution in [-0.2, 0) is 9.53 Å². The highest BCUT2D eigenvalue weighted by Crippen LogP contribution is 2.39. The van der Waals surface area contributed by atoms with Crippen LogP contribution in [-0.4, -0.2) is 45.9 Å². The van der Waals surface area contributed by atoms with E-state index in [0.29, 0.717) is 28.3 Å². The molecule has 1 amide bonds. The summed E-state index contributed by atoms with van der Waals surface area (Å²) in [5.74, 6) is -1.03. The zero-order chi connectivity index (χ0) is 24.7. The smallest absolute Gasteiger partial charge is 0.252 e. The maximum Gasteiger partial charge on any atom is 0.252 e. The van der Waals surface area contributed by atoms with Crippen LogP contribution in [0.3, 0.4) is 0 Å². The van der Waals surface area contributed by atoms with Gasteiger partial charge in [-0.1, -0.05) is 0 Å². The predicted molar refractivity (Wildman–Crippen MR) is 128 cm³/mol. The van der Waals surface area contributed by atoms with E-state index < -0.39 is 17.1 Å². The van der Waals surface area contributed by atoms with E-state index in [4.69, 9.17) is 9.47 Å². The van der Waals surface area contributed by atoms with Gasteiger partial charge in [0, 0.05) is 31.6 Å². The van der Waals surface area contributed by atoms with Gasteiger partial charge in [-0.05, 0) is 37.6 Å². The van der Waals surface area contributed by atoms with Crippen molar-refractivity contribution in [2.75, 3.05) is 24.4 Å². The van der Waals surface area contributed by atoms with E-state index in [9.17, 15) is 9.59 Å². The molecular formula is C25H22FN5O4. The Hall–Kier alpha value is -4.31. The van der Waals surface area contributed by atoms with Gasteiger partial charge in [0.1, 0.15) is 22.8 Å². The highest BCUT2D eigenvalue weighted by Gasteiger charge is 2.39. The second kappa shape index (κ2) is 8.48. The molecule has 0 spiro atoms. The van der Waals surface area contributed by atoms with Crippen molar-refractivity contribution in [3.63, 3.8) is 0 Å². The largest absolute Gasteiger partial charge is 0.439 e. The Morgan fingerprint density at radius 2 is 2.00 bits per heavy atom. The summed E-state index contributed by atoms with van der Waals surface area (Å²) in [4.78, 5) is 37.4. The van der Waals surface area contributed by atoms with Crippen molar-refractivity contribution in [3.05, 3.63) is 71.4 Å². The topological polar surface area (TPSA) is 118 Å². The number of fused-ring (bicyclic) bond motifs is 3. The number of rotatable bonds is 6. The minimum absolute atomic E-state index is 0.0989. The minimum Gasteiger partial charge on any atom is -0.439 e. The number of pyridine rings is 2. The van der Waals surface area contributed by atoms with Crippen molar-refractivity contribution < 1.29 is 23.5 Å². The average molecular weight is 475 g/mol. The summed E-state index contributed by atoms with van der Waals surface area (Å²) in [6.45, 7) is 3.68. The zero-order valence-electron chi connectivity index (χ0n) is 19.2. The fourth-order valence-corrected chi connectivity index (χ4v) is 4.06. The van der Waals surface area contributed by atoms with Gasteiger partial charge in [0.2, 0.25) is 5.88 Å². The predicted octanol–water partition coefficient (Wildman–Crippen LogP) is 4.20. The molecule has 0 fully saturated rings. The molecule has 0 saturated heterocycles. The lowest BCUT2D eigenvalue weighted by Crippen LogP contribution is -2.53. The Balaban J connectivity index is 1.51. The van der Waals surface area contributed by atoms with E-state index >= 15 is 4.39 Å². The van der Waals surface area contributed by atoms with Gasteiger partial charge in [0.25, 0.3) is 5.91 Å². The monoisotopic (exact) mass is 475 g/mol. The van der Waals surface area contributed by atoms with Crippen LogP contribution in [0.5, 0.6) is 11.6 Å².